The average molecular weight is 369 g/mol. The second-order valence-corrected chi connectivity index (χ2v) is 6.38. The van der Waals surface area contributed by atoms with Crippen LogP contribution in [0, 0.1) is 17.0 Å². The van der Waals surface area contributed by atoms with Gasteiger partial charge >= 0.3 is 0 Å². The Bertz CT molecular complexity index is 912. The minimum Gasteiger partial charge on any atom is -0.483 e. The zero-order valence-corrected chi connectivity index (χ0v) is 15.0. The van der Waals surface area contributed by atoms with Gasteiger partial charge in [0.05, 0.1) is 22.4 Å². The molecule has 0 saturated carbocycles. The molecule has 2 amide bonds. The van der Waals surface area contributed by atoms with E-state index in [4.69, 9.17) is 4.74 Å². The van der Waals surface area contributed by atoms with Gasteiger partial charge in [-0.25, -0.2) is 0 Å². The zero-order chi connectivity index (χ0) is 19.6. The van der Waals surface area contributed by atoms with Gasteiger partial charge in [-0.1, -0.05) is 12.1 Å². The van der Waals surface area contributed by atoms with Crippen LogP contribution in [0.25, 0.3) is 0 Å². The number of amides is 2. The molecule has 27 heavy (non-hydrogen) atoms. The molecule has 8 heteroatoms. The van der Waals surface area contributed by atoms with E-state index in [-0.39, 0.29) is 42.3 Å². The van der Waals surface area contributed by atoms with Crippen LogP contribution in [0.15, 0.2) is 42.5 Å². The van der Waals surface area contributed by atoms with Crippen molar-refractivity contribution in [1.29, 1.82) is 0 Å². The fourth-order valence-corrected chi connectivity index (χ4v) is 3.03. The Morgan fingerprint density at radius 1 is 1.33 bits per heavy atom. The number of ether oxygens (including phenoxy) is 1. The minimum absolute atomic E-state index is 0.105. The first kappa shape index (κ1) is 18.4. The smallest absolute Gasteiger partial charge is 0.273 e. The van der Waals surface area contributed by atoms with Crippen molar-refractivity contribution >= 4 is 28.9 Å². The number of fused-ring (bicyclic) bond motifs is 1. The number of benzene rings is 2. The molecule has 1 aliphatic rings. The molecule has 0 saturated heterocycles. The SMILES string of the molecule is Cc1ccc([N+](=O)[O-])cc1OCC(=O)N1c2ccccc2NC(=O)C[C@H]1C. The van der Waals surface area contributed by atoms with Gasteiger partial charge in [0.25, 0.3) is 11.6 Å². The van der Waals surface area contributed by atoms with Crippen LogP contribution in [0.5, 0.6) is 5.75 Å². The highest BCUT2D eigenvalue weighted by molar-refractivity contribution is 6.04. The zero-order valence-electron chi connectivity index (χ0n) is 15.0. The monoisotopic (exact) mass is 369 g/mol. The molecule has 0 radical (unpaired) electrons. The number of rotatable bonds is 4. The summed E-state index contributed by atoms with van der Waals surface area (Å²) in [5.74, 6) is -0.222. The fourth-order valence-electron chi connectivity index (χ4n) is 3.03. The Hall–Kier alpha value is -3.42. The number of para-hydroxylation sites is 2. The van der Waals surface area contributed by atoms with Gasteiger partial charge in [-0.05, 0) is 37.6 Å². The number of hydrogen-bond acceptors (Lipinski definition) is 5. The van der Waals surface area contributed by atoms with E-state index in [0.717, 1.165) is 0 Å². The number of aryl methyl sites for hydroxylation is 1. The number of nitrogens with one attached hydrogen (secondary N) is 1. The summed E-state index contributed by atoms with van der Waals surface area (Å²) in [6, 6.07) is 11.0. The maximum atomic E-state index is 12.9. The average Bonchev–Trinajstić information content (AvgIpc) is 2.74. The third-order valence-corrected chi connectivity index (χ3v) is 4.36. The van der Waals surface area contributed by atoms with Gasteiger partial charge in [0, 0.05) is 18.5 Å². The van der Waals surface area contributed by atoms with E-state index in [9.17, 15) is 19.7 Å². The molecule has 1 aliphatic heterocycles. The number of anilines is 2. The summed E-state index contributed by atoms with van der Waals surface area (Å²) in [6.45, 7) is 3.24. The molecule has 2 aromatic rings. The molecular weight excluding hydrogens is 350 g/mol. The number of hydrogen-bond donors (Lipinski definition) is 1. The van der Waals surface area contributed by atoms with Crippen LogP contribution in [-0.2, 0) is 9.59 Å². The lowest BCUT2D eigenvalue weighted by Gasteiger charge is -2.27. The maximum Gasteiger partial charge on any atom is 0.273 e. The molecule has 8 nitrogen and oxygen atoms in total. The number of nitrogens with zero attached hydrogens (tertiary/aromatic N) is 2. The lowest BCUT2D eigenvalue weighted by molar-refractivity contribution is -0.384. The number of nitro benzene ring substituents is 1. The summed E-state index contributed by atoms with van der Waals surface area (Å²) in [5, 5.41) is 13.7. The van der Waals surface area contributed by atoms with Crippen molar-refractivity contribution in [2.75, 3.05) is 16.8 Å². The van der Waals surface area contributed by atoms with Gasteiger partial charge in [0.15, 0.2) is 6.61 Å². The molecule has 0 bridgehead atoms. The summed E-state index contributed by atoms with van der Waals surface area (Å²) >= 11 is 0. The lowest BCUT2D eigenvalue weighted by Crippen LogP contribution is -2.41. The standard InChI is InChI=1S/C19H19N3O5/c1-12-7-8-14(22(25)26)10-17(12)27-11-19(24)21-13(2)9-18(23)20-15-5-3-4-6-16(15)21/h3-8,10,13H,9,11H2,1-2H3,(H,20,23)/t13-/m1/s1. The highest BCUT2D eigenvalue weighted by atomic mass is 16.6. The van der Waals surface area contributed by atoms with Crippen molar-refractivity contribution in [2.24, 2.45) is 0 Å². The highest BCUT2D eigenvalue weighted by Crippen LogP contribution is 2.31. The van der Waals surface area contributed by atoms with E-state index < -0.39 is 4.92 Å². The molecule has 1 atom stereocenters. The lowest BCUT2D eigenvalue weighted by atomic mass is 10.1. The molecule has 0 aromatic heterocycles. The third kappa shape index (κ3) is 3.89. The molecule has 0 aliphatic carbocycles. The van der Waals surface area contributed by atoms with Crippen LogP contribution in [0.1, 0.15) is 18.9 Å². The van der Waals surface area contributed by atoms with E-state index in [0.29, 0.717) is 16.9 Å². The van der Waals surface area contributed by atoms with Gasteiger partial charge in [-0.15, -0.1) is 0 Å². The predicted octanol–water partition coefficient (Wildman–Crippen LogP) is 3.05. The van der Waals surface area contributed by atoms with Gasteiger partial charge in [0.2, 0.25) is 5.91 Å². The van der Waals surface area contributed by atoms with E-state index >= 15 is 0 Å². The molecule has 1 N–H and O–H groups in total. The van der Waals surface area contributed by atoms with Gasteiger partial charge in [-0.3, -0.25) is 19.7 Å². The van der Waals surface area contributed by atoms with Crippen LogP contribution < -0.4 is 15.0 Å². The molecule has 0 unspecified atom stereocenters. The van der Waals surface area contributed by atoms with Crippen molar-refractivity contribution in [3.63, 3.8) is 0 Å². The van der Waals surface area contributed by atoms with Crippen molar-refractivity contribution < 1.29 is 19.2 Å². The summed E-state index contributed by atoms with van der Waals surface area (Å²) in [5.41, 5.74) is 1.74. The Kier molecular flexibility index (Phi) is 5.07. The summed E-state index contributed by atoms with van der Waals surface area (Å²) in [7, 11) is 0. The van der Waals surface area contributed by atoms with E-state index in [1.807, 2.05) is 0 Å². The summed E-state index contributed by atoms with van der Waals surface area (Å²) < 4.78 is 5.57. The minimum atomic E-state index is -0.515. The van der Waals surface area contributed by atoms with Crippen molar-refractivity contribution in [2.45, 2.75) is 26.3 Å². The Labute approximate surface area is 155 Å². The first-order valence-corrected chi connectivity index (χ1v) is 8.45. The molecule has 1 heterocycles. The first-order chi connectivity index (χ1) is 12.9. The van der Waals surface area contributed by atoms with Crippen LogP contribution in [-0.4, -0.2) is 29.4 Å². The summed E-state index contributed by atoms with van der Waals surface area (Å²) in [4.78, 5) is 36.8. The molecule has 0 spiro atoms. The maximum absolute atomic E-state index is 12.9. The molecule has 0 fully saturated rings. The van der Waals surface area contributed by atoms with Crippen LogP contribution in [0.4, 0.5) is 17.1 Å². The van der Waals surface area contributed by atoms with Crippen molar-refractivity contribution in [1.82, 2.24) is 0 Å². The first-order valence-electron chi connectivity index (χ1n) is 8.45. The second kappa shape index (κ2) is 7.45. The number of carbonyl (C=O) groups excluding carboxylic acids is 2. The van der Waals surface area contributed by atoms with Gasteiger partial charge in [0.1, 0.15) is 5.75 Å². The third-order valence-electron chi connectivity index (χ3n) is 4.36. The molecular formula is C19H19N3O5. The quantitative estimate of drug-likeness (QED) is 0.659. The normalized spacial score (nSPS) is 16.1. The molecule has 140 valence electrons. The van der Waals surface area contributed by atoms with Crippen LogP contribution in [0.3, 0.4) is 0 Å². The molecule has 3 rings (SSSR count). The largest absolute Gasteiger partial charge is 0.483 e. The molecule has 2 aromatic carbocycles. The predicted molar refractivity (Wildman–Crippen MR) is 100.0 cm³/mol. The number of non-ortho nitro benzene ring substituents is 1. The van der Waals surface area contributed by atoms with E-state index in [2.05, 4.69) is 5.32 Å². The van der Waals surface area contributed by atoms with Crippen molar-refractivity contribution in [3.8, 4) is 5.75 Å². The number of nitro groups is 1. The van der Waals surface area contributed by atoms with Crippen LogP contribution in [0.2, 0.25) is 0 Å². The Balaban J connectivity index is 1.83. The number of carbonyl (C=O) groups is 2. The highest BCUT2D eigenvalue weighted by Gasteiger charge is 2.29. The van der Waals surface area contributed by atoms with Crippen molar-refractivity contribution in [3.05, 3.63) is 58.1 Å². The fraction of sp³-hybridized carbons (Fsp3) is 0.263. The van der Waals surface area contributed by atoms with E-state index in [1.54, 1.807) is 44.2 Å². The topological polar surface area (TPSA) is 102 Å². The van der Waals surface area contributed by atoms with Gasteiger partial charge < -0.3 is 15.0 Å². The van der Waals surface area contributed by atoms with Gasteiger partial charge in [-0.2, -0.15) is 0 Å². The Morgan fingerprint density at radius 2 is 2.07 bits per heavy atom. The second-order valence-electron chi connectivity index (χ2n) is 6.38. The Morgan fingerprint density at radius 3 is 2.81 bits per heavy atom. The van der Waals surface area contributed by atoms with Crippen LogP contribution >= 0.6 is 0 Å². The van der Waals surface area contributed by atoms with E-state index in [1.165, 1.54) is 17.0 Å². The summed E-state index contributed by atoms with van der Waals surface area (Å²) in [6.07, 6.45) is 0.163.